The van der Waals surface area contributed by atoms with Gasteiger partial charge in [-0.3, -0.25) is 4.90 Å². The summed E-state index contributed by atoms with van der Waals surface area (Å²) in [6, 6.07) is 0.690. The average Bonchev–Trinajstić information content (AvgIpc) is 3.01. The molecule has 1 saturated carbocycles. The molecule has 2 unspecified atom stereocenters. The first-order valence-corrected chi connectivity index (χ1v) is 8.29. The average molecular weight is 266 g/mol. The Bertz CT molecular complexity index is 293. The van der Waals surface area contributed by atoms with Crippen LogP contribution < -0.4 is 5.32 Å². The van der Waals surface area contributed by atoms with Crippen LogP contribution >= 0.6 is 0 Å². The van der Waals surface area contributed by atoms with Crippen molar-refractivity contribution in [1.82, 2.24) is 10.2 Å². The summed E-state index contributed by atoms with van der Waals surface area (Å²) in [5, 5.41) is 3.90. The minimum Gasteiger partial charge on any atom is -0.377 e. The van der Waals surface area contributed by atoms with Gasteiger partial charge in [0.2, 0.25) is 0 Å². The van der Waals surface area contributed by atoms with Crippen LogP contribution in [0.2, 0.25) is 0 Å². The molecule has 3 nitrogen and oxygen atoms in total. The van der Waals surface area contributed by atoms with Gasteiger partial charge in [-0.25, -0.2) is 0 Å². The molecule has 3 fully saturated rings. The van der Waals surface area contributed by atoms with E-state index in [2.05, 4.69) is 24.1 Å². The molecular formula is C16H30N2O. The maximum Gasteiger partial charge on any atom is 0.0702 e. The first kappa shape index (κ1) is 13.8. The highest BCUT2D eigenvalue weighted by Crippen LogP contribution is 2.34. The fourth-order valence-corrected chi connectivity index (χ4v) is 4.31. The second-order valence-electron chi connectivity index (χ2n) is 7.24. The number of piperazine rings is 1. The summed E-state index contributed by atoms with van der Waals surface area (Å²) in [6.07, 6.45) is 8.59. The summed E-state index contributed by atoms with van der Waals surface area (Å²) in [4.78, 5) is 2.75. The van der Waals surface area contributed by atoms with E-state index >= 15 is 0 Å². The normalized spacial score (nSPS) is 35.5. The zero-order chi connectivity index (χ0) is 13.3. The predicted molar refractivity (Wildman–Crippen MR) is 78.4 cm³/mol. The van der Waals surface area contributed by atoms with E-state index in [0.29, 0.717) is 17.7 Å². The Hall–Kier alpha value is -0.120. The van der Waals surface area contributed by atoms with Crippen LogP contribution in [-0.4, -0.2) is 48.8 Å². The lowest BCUT2D eigenvalue weighted by molar-refractivity contribution is 0.00733. The summed E-state index contributed by atoms with van der Waals surface area (Å²) < 4.78 is 5.87. The van der Waals surface area contributed by atoms with Crippen molar-refractivity contribution < 1.29 is 4.74 Å². The smallest absolute Gasteiger partial charge is 0.0702 e. The van der Waals surface area contributed by atoms with Crippen molar-refractivity contribution in [2.45, 2.75) is 70.1 Å². The van der Waals surface area contributed by atoms with Crippen LogP contribution in [0.25, 0.3) is 0 Å². The van der Waals surface area contributed by atoms with Crippen LogP contribution in [0.1, 0.15) is 52.4 Å². The van der Waals surface area contributed by atoms with Crippen molar-refractivity contribution in [3.8, 4) is 0 Å². The quantitative estimate of drug-likeness (QED) is 0.849. The zero-order valence-electron chi connectivity index (χ0n) is 12.7. The molecule has 3 heteroatoms. The van der Waals surface area contributed by atoms with Gasteiger partial charge in [-0.2, -0.15) is 0 Å². The van der Waals surface area contributed by atoms with Gasteiger partial charge in [-0.15, -0.1) is 0 Å². The summed E-state index contributed by atoms with van der Waals surface area (Å²) in [5.41, 5.74) is 0.435. The predicted octanol–water partition coefficient (Wildman–Crippen LogP) is 2.41. The largest absolute Gasteiger partial charge is 0.377 e. The first-order valence-electron chi connectivity index (χ1n) is 8.29. The highest BCUT2D eigenvalue weighted by molar-refractivity contribution is 5.02. The van der Waals surface area contributed by atoms with E-state index in [-0.39, 0.29) is 0 Å². The summed E-state index contributed by atoms with van der Waals surface area (Å²) in [5.74, 6) is 0.729. The molecule has 2 atom stereocenters. The van der Waals surface area contributed by atoms with E-state index in [1.54, 1.807) is 0 Å². The van der Waals surface area contributed by atoms with Gasteiger partial charge in [0.05, 0.1) is 6.10 Å². The Labute approximate surface area is 118 Å². The standard InChI is InChI=1S/C16H30N2O/c1-13(2)15-10-17-16(7-3-4-8-16)12-18(15)11-14-6-5-9-19-14/h13-15,17H,3-12H2,1-2H3. The van der Waals surface area contributed by atoms with Crippen molar-refractivity contribution in [3.63, 3.8) is 0 Å². The molecule has 1 aliphatic carbocycles. The number of ether oxygens (including phenoxy) is 1. The summed E-state index contributed by atoms with van der Waals surface area (Å²) >= 11 is 0. The fourth-order valence-electron chi connectivity index (χ4n) is 4.31. The van der Waals surface area contributed by atoms with Crippen LogP contribution in [0.3, 0.4) is 0 Å². The molecule has 0 aromatic heterocycles. The van der Waals surface area contributed by atoms with E-state index in [9.17, 15) is 0 Å². The summed E-state index contributed by atoms with van der Waals surface area (Å²) in [6.45, 7) is 9.28. The lowest BCUT2D eigenvalue weighted by Gasteiger charge is -2.48. The molecule has 3 aliphatic rings. The molecule has 1 N–H and O–H groups in total. The van der Waals surface area contributed by atoms with E-state index in [0.717, 1.165) is 19.1 Å². The molecule has 0 bridgehead atoms. The molecule has 110 valence electrons. The highest BCUT2D eigenvalue weighted by Gasteiger charge is 2.42. The molecular weight excluding hydrogens is 236 g/mol. The molecule has 19 heavy (non-hydrogen) atoms. The Kier molecular flexibility index (Phi) is 4.16. The second kappa shape index (κ2) is 5.71. The Morgan fingerprint density at radius 2 is 2.05 bits per heavy atom. The molecule has 0 aromatic carbocycles. The molecule has 2 saturated heterocycles. The number of nitrogens with one attached hydrogen (secondary N) is 1. The third kappa shape index (κ3) is 2.98. The zero-order valence-corrected chi connectivity index (χ0v) is 12.7. The van der Waals surface area contributed by atoms with Gasteiger partial charge in [0.1, 0.15) is 0 Å². The maximum absolute atomic E-state index is 5.87. The molecule has 1 spiro atoms. The van der Waals surface area contributed by atoms with Crippen molar-refractivity contribution in [1.29, 1.82) is 0 Å². The lowest BCUT2D eigenvalue weighted by atomic mass is 9.89. The monoisotopic (exact) mass is 266 g/mol. The van der Waals surface area contributed by atoms with E-state index in [4.69, 9.17) is 4.74 Å². The van der Waals surface area contributed by atoms with Crippen molar-refractivity contribution >= 4 is 0 Å². The van der Waals surface area contributed by atoms with Gasteiger partial charge in [0, 0.05) is 37.8 Å². The topological polar surface area (TPSA) is 24.5 Å². The van der Waals surface area contributed by atoms with Crippen LogP contribution in [0.5, 0.6) is 0 Å². The van der Waals surface area contributed by atoms with E-state index in [1.165, 1.54) is 51.6 Å². The number of nitrogens with zero attached hydrogens (tertiary/aromatic N) is 1. The second-order valence-corrected chi connectivity index (χ2v) is 7.24. The fraction of sp³-hybridized carbons (Fsp3) is 1.00. The Morgan fingerprint density at radius 3 is 2.68 bits per heavy atom. The third-order valence-electron chi connectivity index (χ3n) is 5.45. The van der Waals surface area contributed by atoms with Crippen molar-refractivity contribution in [2.24, 2.45) is 5.92 Å². The number of hydrogen-bond acceptors (Lipinski definition) is 3. The highest BCUT2D eigenvalue weighted by atomic mass is 16.5. The number of hydrogen-bond donors (Lipinski definition) is 1. The van der Waals surface area contributed by atoms with Gasteiger partial charge >= 0.3 is 0 Å². The lowest BCUT2D eigenvalue weighted by Crippen LogP contribution is -2.65. The molecule has 0 aromatic rings. The van der Waals surface area contributed by atoms with Gasteiger partial charge in [-0.1, -0.05) is 26.7 Å². The SMILES string of the molecule is CC(C)C1CNC2(CCCC2)CN1CC1CCCO1. The minimum atomic E-state index is 0.435. The number of rotatable bonds is 3. The third-order valence-corrected chi connectivity index (χ3v) is 5.45. The van der Waals surface area contributed by atoms with Crippen LogP contribution in [0.4, 0.5) is 0 Å². The van der Waals surface area contributed by atoms with Gasteiger partial charge in [-0.05, 0) is 31.6 Å². The van der Waals surface area contributed by atoms with E-state index in [1.807, 2.05) is 0 Å². The van der Waals surface area contributed by atoms with Crippen molar-refractivity contribution in [3.05, 3.63) is 0 Å². The van der Waals surface area contributed by atoms with Crippen LogP contribution in [-0.2, 0) is 4.74 Å². The minimum absolute atomic E-state index is 0.435. The van der Waals surface area contributed by atoms with Gasteiger partial charge in [0.25, 0.3) is 0 Å². The van der Waals surface area contributed by atoms with Gasteiger partial charge in [0.15, 0.2) is 0 Å². The molecule has 2 heterocycles. The molecule has 3 rings (SSSR count). The Balaban J connectivity index is 1.66. The van der Waals surface area contributed by atoms with Gasteiger partial charge < -0.3 is 10.1 Å². The Morgan fingerprint density at radius 1 is 1.26 bits per heavy atom. The molecule has 0 radical (unpaired) electrons. The van der Waals surface area contributed by atoms with E-state index < -0.39 is 0 Å². The van der Waals surface area contributed by atoms with Crippen molar-refractivity contribution in [2.75, 3.05) is 26.2 Å². The van der Waals surface area contributed by atoms with Crippen LogP contribution in [0.15, 0.2) is 0 Å². The van der Waals surface area contributed by atoms with Crippen LogP contribution in [0, 0.1) is 5.92 Å². The first-order chi connectivity index (χ1) is 9.19. The maximum atomic E-state index is 5.87. The molecule has 2 aliphatic heterocycles. The summed E-state index contributed by atoms with van der Waals surface area (Å²) in [7, 11) is 0. The molecule has 0 amide bonds.